The Kier molecular flexibility index (Phi) is 3.62. The number of fused-ring (bicyclic) bond motifs is 1. The number of amides is 2. The number of anilines is 1. The summed E-state index contributed by atoms with van der Waals surface area (Å²) in [5.41, 5.74) is 2.50. The molecule has 0 fully saturated rings. The quantitative estimate of drug-likeness (QED) is 0.891. The van der Waals surface area contributed by atoms with Gasteiger partial charge in [0.2, 0.25) is 5.91 Å². The lowest BCUT2D eigenvalue weighted by Gasteiger charge is -2.15. The van der Waals surface area contributed by atoms with Gasteiger partial charge in [0.1, 0.15) is 12.2 Å². The lowest BCUT2D eigenvalue weighted by molar-refractivity contribution is -0.116. The Labute approximate surface area is 127 Å². The fourth-order valence-corrected chi connectivity index (χ4v) is 2.64. The summed E-state index contributed by atoms with van der Waals surface area (Å²) < 4.78 is 0. The molecular weight excluding hydrogens is 282 g/mol. The number of carbonyl (C=O) groups excluding carboxylic acids is 2. The van der Waals surface area contributed by atoms with E-state index in [-0.39, 0.29) is 17.9 Å². The van der Waals surface area contributed by atoms with E-state index in [0.29, 0.717) is 17.9 Å². The number of hydrogen-bond acceptors (Lipinski definition) is 4. The van der Waals surface area contributed by atoms with Gasteiger partial charge in [0.25, 0.3) is 5.91 Å². The monoisotopic (exact) mass is 299 g/mol. The summed E-state index contributed by atoms with van der Waals surface area (Å²) >= 11 is 0. The first kappa shape index (κ1) is 14.2. The summed E-state index contributed by atoms with van der Waals surface area (Å²) in [5.74, 6) is 0.458. The van der Waals surface area contributed by atoms with Crippen LogP contribution in [-0.2, 0) is 11.2 Å². The van der Waals surface area contributed by atoms with Gasteiger partial charge in [-0.05, 0) is 37.1 Å². The van der Waals surface area contributed by atoms with Gasteiger partial charge in [-0.1, -0.05) is 0 Å². The Morgan fingerprint density at radius 1 is 1.41 bits per heavy atom. The molecule has 0 radical (unpaired) electrons. The molecule has 114 valence electrons. The van der Waals surface area contributed by atoms with Crippen molar-refractivity contribution in [1.82, 2.24) is 20.5 Å². The van der Waals surface area contributed by atoms with Gasteiger partial charge in [-0.15, -0.1) is 0 Å². The molecule has 0 saturated carbocycles. The number of nitrogens with zero attached hydrogens (tertiary/aromatic N) is 3. The zero-order valence-corrected chi connectivity index (χ0v) is 12.5. The second-order valence-corrected chi connectivity index (χ2v) is 5.33. The van der Waals surface area contributed by atoms with Gasteiger partial charge in [0.05, 0.1) is 6.04 Å². The van der Waals surface area contributed by atoms with E-state index in [9.17, 15) is 9.59 Å². The molecule has 1 aliphatic rings. The van der Waals surface area contributed by atoms with Crippen LogP contribution in [0.4, 0.5) is 5.69 Å². The number of aromatic amines is 1. The SMILES string of the molecule is CC(=O)N1CCc2cc(C(=O)NC(C)c3ncn[nH]3)ccc21. The highest BCUT2D eigenvalue weighted by atomic mass is 16.2. The summed E-state index contributed by atoms with van der Waals surface area (Å²) in [6, 6.07) is 5.16. The van der Waals surface area contributed by atoms with Crippen molar-refractivity contribution in [2.24, 2.45) is 0 Å². The predicted molar refractivity (Wildman–Crippen MR) is 80.4 cm³/mol. The van der Waals surface area contributed by atoms with Crippen LogP contribution in [0.2, 0.25) is 0 Å². The van der Waals surface area contributed by atoms with Gasteiger partial charge in [0, 0.05) is 24.7 Å². The van der Waals surface area contributed by atoms with Crippen LogP contribution >= 0.6 is 0 Å². The summed E-state index contributed by atoms with van der Waals surface area (Å²) in [5, 5.41) is 9.37. The van der Waals surface area contributed by atoms with Crippen LogP contribution in [0.3, 0.4) is 0 Å². The number of hydrogen-bond donors (Lipinski definition) is 2. The number of rotatable bonds is 3. The second kappa shape index (κ2) is 5.59. The fourth-order valence-electron chi connectivity index (χ4n) is 2.64. The molecule has 0 saturated heterocycles. The van der Waals surface area contributed by atoms with Gasteiger partial charge in [-0.25, -0.2) is 4.98 Å². The van der Waals surface area contributed by atoms with Gasteiger partial charge >= 0.3 is 0 Å². The number of carbonyl (C=O) groups is 2. The highest BCUT2D eigenvalue weighted by Gasteiger charge is 2.23. The standard InChI is InChI=1S/C15H17N5O2/c1-9(14-16-8-17-19-14)18-15(22)12-3-4-13-11(7-12)5-6-20(13)10(2)21/h3-4,7-9H,5-6H2,1-2H3,(H,18,22)(H,16,17,19). The molecule has 0 aliphatic carbocycles. The molecule has 3 rings (SSSR count). The zero-order valence-electron chi connectivity index (χ0n) is 12.5. The third kappa shape index (κ3) is 2.57. The summed E-state index contributed by atoms with van der Waals surface area (Å²) in [4.78, 5) is 29.6. The van der Waals surface area contributed by atoms with Crippen molar-refractivity contribution in [3.63, 3.8) is 0 Å². The van der Waals surface area contributed by atoms with Crippen LogP contribution in [0.15, 0.2) is 24.5 Å². The average molecular weight is 299 g/mol. The molecule has 2 heterocycles. The Morgan fingerprint density at radius 2 is 2.23 bits per heavy atom. The number of benzene rings is 1. The molecule has 1 aliphatic heterocycles. The van der Waals surface area contributed by atoms with Crippen molar-refractivity contribution in [3.8, 4) is 0 Å². The van der Waals surface area contributed by atoms with Gasteiger partial charge in [-0.2, -0.15) is 5.10 Å². The topological polar surface area (TPSA) is 91.0 Å². The van der Waals surface area contributed by atoms with E-state index in [2.05, 4.69) is 20.5 Å². The van der Waals surface area contributed by atoms with E-state index in [1.165, 1.54) is 6.33 Å². The molecule has 7 nitrogen and oxygen atoms in total. The van der Waals surface area contributed by atoms with Crippen LogP contribution in [0, 0.1) is 0 Å². The maximum absolute atomic E-state index is 12.3. The number of aromatic nitrogens is 3. The van der Waals surface area contributed by atoms with Crippen LogP contribution in [0.1, 0.15) is 41.6 Å². The Bertz CT molecular complexity index is 711. The molecule has 0 bridgehead atoms. The van der Waals surface area contributed by atoms with Crippen molar-refractivity contribution in [2.75, 3.05) is 11.4 Å². The van der Waals surface area contributed by atoms with Gasteiger partial charge in [0.15, 0.2) is 0 Å². The molecule has 1 aromatic heterocycles. The van der Waals surface area contributed by atoms with Crippen LogP contribution < -0.4 is 10.2 Å². The Balaban J connectivity index is 1.76. The largest absolute Gasteiger partial charge is 0.342 e. The smallest absolute Gasteiger partial charge is 0.251 e. The molecule has 1 aromatic carbocycles. The Morgan fingerprint density at radius 3 is 2.91 bits per heavy atom. The average Bonchev–Trinajstić information content (AvgIpc) is 3.15. The molecule has 7 heteroatoms. The van der Waals surface area contributed by atoms with E-state index in [1.54, 1.807) is 17.9 Å². The third-order valence-corrected chi connectivity index (χ3v) is 3.81. The first-order valence-electron chi connectivity index (χ1n) is 7.13. The van der Waals surface area contributed by atoms with Crippen molar-refractivity contribution >= 4 is 17.5 Å². The molecule has 2 aromatic rings. The molecule has 1 atom stereocenters. The maximum Gasteiger partial charge on any atom is 0.251 e. The summed E-state index contributed by atoms with van der Waals surface area (Å²) in [7, 11) is 0. The molecule has 0 spiro atoms. The minimum Gasteiger partial charge on any atom is -0.342 e. The van der Waals surface area contributed by atoms with Crippen molar-refractivity contribution in [3.05, 3.63) is 41.5 Å². The number of nitrogens with one attached hydrogen (secondary N) is 2. The minimum atomic E-state index is -0.253. The summed E-state index contributed by atoms with van der Waals surface area (Å²) in [6.45, 7) is 4.06. The number of H-pyrrole nitrogens is 1. The van der Waals surface area contributed by atoms with Crippen LogP contribution in [0.5, 0.6) is 0 Å². The molecule has 2 amide bonds. The van der Waals surface area contributed by atoms with E-state index in [0.717, 1.165) is 17.7 Å². The highest BCUT2D eigenvalue weighted by molar-refractivity contribution is 5.98. The van der Waals surface area contributed by atoms with Crippen LogP contribution in [0.25, 0.3) is 0 Å². The van der Waals surface area contributed by atoms with E-state index >= 15 is 0 Å². The van der Waals surface area contributed by atoms with Crippen LogP contribution in [-0.4, -0.2) is 33.5 Å². The minimum absolute atomic E-state index is 0.0230. The molecule has 2 N–H and O–H groups in total. The van der Waals surface area contributed by atoms with E-state index in [4.69, 9.17) is 0 Å². The summed E-state index contributed by atoms with van der Waals surface area (Å²) in [6.07, 6.45) is 2.18. The first-order valence-corrected chi connectivity index (χ1v) is 7.13. The normalized spacial score (nSPS) is 14.5. The highest BCUT2D eigenvalue weighted by Crippen LogP contribution is 2.29. The molecule has 22 heavy (non-hydrogen) atoms. The lowest BCUT2D eigenvalue weighted by Crippen LogP contribution is -2.27. The first-order chi connectivity index (χ1) is 10.6. The Hall–Kier alpha value is -2.70. The van der Waals surface area contributed by atoms with Crippen molar-refractivity contribution < 1.29 is 9.59 Å². The zero-order chi connectivity index (χ0) is 15.7. The molecule has 1 unspecified atom stereocenters. The van der Waals surface area contributed by atoms with Crippen molar-refractivity contribution in [2.45, 2.75) is 26.3 Å². The maximum atomic E-state index is 12.3. The van der Waals surface area contributed by atoms with Gasteiger partial charge < -0.3 is 10.2 Å². The van der Waals surface area contributed by atoms with E-state index in [1.807, 2.05) is 19.1 Å². The third-order valence-electron chi connectivity index (χ3n) is 3.81. The van der Waals surface area contributed by atoms with Gasteiger partial charge in [-0.3, -0.25) is 14.7 Å². The molecular formula is C15H17N5O2. The predicted octanol–water partition coefficient (Wildman–Crippen LogP) is 1.20. The second-order valence-electron chi connectivity index (χ2n) is 5.33. The fraction of sp³-hybridized carbons (Fsp3) is 0.333. The van der Waals surface area contributed by atoms with Crippen molar-refractivity contribution in [1.29, 1.82) is 0 Å². The van der Waals surface area contributed by atoms with E-state index < -0.39 is 0 Å². The lowest BCUT2D eigenvalue weighted by atomic mass is 10.1.